The summed E-state index contributed by atoms with van der Waals surface area (Å²) in [5.74, 6) is -0.316. The number of carbonyl (C=O) groups excluding carboxylic acids is 1. The fraction of sp³-hybridized carbons (Fsp3) is 0.286. The predicted molar refractivity (Wildman–Crippen MR) is 100 cm³/mol. The molecule has 5 heteroatoms. The number of amides is 1. The van der Waals surface area contributed by atoms with Gasteiger partial charge in [0, 0.05) is 25.7 Å². The van der Waals surface area contributed by atoms with Gasteiger partial charge in [-0.1, -0.05) is 36.4 Å². The van der Waals surface area contributed by atoms with Crippen LogP contribution in [0.3, 0.4) is 0 Å². The van der Waals surface area contributed by atoms with Crippen molar-refractivity contribution in [2.75, 3.05) is 33.8 Å². The van der Waals surface area contributed by atoms with E-state index >= 15 is 0 Å². The summed E-state index contributed by atoms with van der Waals surface area (Å²) < 4.78 is 18.7. The fourth-order valence-corrected chi connectivity index (χ4v) is 3.19. The molecule has 1 heterocycles. The molecule has 1 amide bonds. The maximum Gasteiger partial charge on any atom is 0.247 e. The van der Waals surface area contributed by atoms with Crippen molar-refractivity contribution in [1.82, 2.24) is 9.80 Å². The molecule has 0 aromatic heterocycles. The van der Waals surface area contributed by atoms with Crippen molar-refractivity contribution in [1.29, 1.82) is 0 Å². The van der Waals surface area contributed by atoms with Crippen molar-refractivity contribution in [3.63, 3.8) is 0 Å². The Hall–Kier alpha value is -2.66. The molecule has 1 atom stereocenters. The lowest BCUT2D eigenvalue weighted by Crippen LogP contribution is -2.48. The minimum Gasteiger partial charge on any atom is -0.494 e. The molecule has 0 unspecified atom stereocenters. The van der Waals surface area contributed by atoms with Crippen LogP contribution in [0.4, 0.5) is 4.39 Å². The molecule has 2 aromatic carbocycles. The van der Waals surface area contributed by atoms with Crippen LogP contribution in [0.5, 0.6) is 5.75 Å². The zero-order chi connectivity index (χ0) is 18.5. The van der Waals surface area contributed by atoms with E-state index in [2.05, 4.69) is 11.9 Å². The minimum absolute atomic E-state index is 0.0136. The lowest BCUT2D eigenvalue weighted by molar-refractivity contribution is -0.130. The summed E-state index contributed by atoms with van der Waals surface area (Å²) in [4.78, 5) is 16.9. The quantitative estimate of drug-likeness (QED) is 0.790. The summed E-state index contributed by atoms with van der Waals surface area (Å²) in [7, 11) is 3.49. The van der Waals surface area contributed by atoms with Crippen LogP contribution in [-0.4, -0.2) is 49.5 Å². The number of hydrogen-bond acceptors (Lipinski definition) is 3. The summed E-state index contributed by atoms with van der Waals surface area (Å²) in [6.45, 7) is 2.29. The van der Waals surface area contributed by atoms with Crippen LogP contribution in [0.2, 0.25) is 0 Å². The number of nitrogens with zero attached hydrogens (tertiary/aromatic N) is 2. The van der Waals surface area contributed by atoms with Crippen LogP contribution in [0.25, 0.3) is 6.08 Å². The van der Waals surface area contributed by atoms with Gasteiger partial charge in [-0.25, -0.2) is 4.39 Å². The Labute approximate surface area is 153 Å². The van der Waals surface area contributed by atoms with Crippen molar-refractivity contribution >= 4 is 12.0 Å². The highest BCUT2D eigenvalue weighted by molar-refractivity contribution is 5.92. The number of benzene rings is 2. The second kappa shape index (κ2) is 8.15. The number of halogens is 1. The summed E-state index contributed by atoms with van der Waals surface area (Å²) >= 11 is 0. The molecular weight excluding hydrogens is 331 g/mol. The minimum atomic E-state index is -0.441. The topological polar surface area (TPSA) is 32.8 Å². The zero-order valence-corrected chi connectivity index (χ0v) is 15.1. The van der Waals surface area contributed by atoms with E-state index in [9.17, 15) is 9.18 Å². The van der Waals surface area contributed by atoms with Gasteiger partial charge in [0.05, 0.1) is 13.2 Å². The van der Waals surface area contributed by atoms with Gasteiger partial charge in [0.15, 0.2) is 11.6 Å². The van der Waals surface area contributed by atoms with Crippen LogP contribution < -0.4 is 4.74 Å². The van der Waals surface area contributed by atoms with Crippen molar-refractivity contribution in [3.8, 4) is 5.75 Å². The van der Waals surface area contributed by atoms with Crippen molar-refractivity contribution < 1.29 is 13.9 Å². The molecule has 3 rings (SSSR count). The largest absolute Gasteiger partial charge is 0.494 e. The third kappa shape index (κ3) is 4.11. The van der Waals surface area contributed by atoms with Crippen molar-refractivity contribution in [2.45, 2.75) is 6.04 Å². The smallest absolute Gasteiger partial charge is 0.247 e. The van der Waals surface area contributed by atoms with Gasteiger partial charge >= 0.3 is 0 Å². The second-order valence-electron chi connectivity index (χ2n) is 6.45. The first-order chi connectivity index (χ1) is 12.6. The Morgan fingerprint density at radius 2 is 1.96 bits per heavy atom. The Kier molecular flexibility index (Phi) is 5.68. The maximum absolute atomic E-state index is 13.8. The first kappa shape index (κ1) is 18.1. The van der Waals surface area contributed by atoms with E-state index in [1.54, 1.807) is 18.2 Å². The molecule has 2 aromatic rings. The number of carbonyl (C=O) groups is 1. The van der Waals surface area contributed by atoms with Gasteiger partial charge in [-0.05, 0) is 36.4 Å². The first-order valence-electron chi connectivity index (χ1n) is 8.64. The number of methoxy groups -OCH3 is 1. The second-order valence-corrected chi connectivity index (χ2v) is 6.45. The average molecular weight is 354 g/mol. The van der Waals surface area contributed by atoms with Crippen LogP contribution in [0.15, 0.2) is 54.6 Å². The molecule has 136 valence electrons. The highest BCUT2D eigenvalue weighted by Gasteiger charge is 2.28. The van der Waals surface area contributed by atoms with Gasteiger partial charge in [-0.3, -0.25) is 4.79 Å². The number of hydrogen-bond donors (Lipinski definition) is 0. The van der Waals surface area contributed by atoms with Gasteiger partial charge in [0.25, 0.3) is 0 Å². The SMILES string of the molecule is COc1ccc(/C=C\C(=O)N2CCN(C)C[C@@H]2c2ccccc2)cc1F. The van der Waals surface area contributed by atoms with Crippen molar-refractivity contribution in [3.05, 3.63) is 71.6 Å². The van der Waals surface area contributed by atoms with E-state index in [4.69, 9.17) is 4.74 Å². The van der Waals surface area contributed by atoms with Crippen LogP contribution >= 0.6 is 0 Å². The molecule has 0 spiro atoms. The van der Waals surface area contributed by atoms with E-state index in [1.807, 2.05) is 35.2 Å². The molecule has 4 nitrogen and oxygen atoms in total. The number of piperazine rings is 1. The van der Waals surface area contributed by atoms with Gasteiger partial charge in [-0.15, -0.1) is 0 Å². The van der Waals surface area contributed by atoms with E-state index in [-0.39, 0.29) is 17.7 Å². The Morgan fingerprint density at radius 1 is 1.19 bits per heavy atom. The van der Waals surface area contributed by atoms with Crippen LogP contribution in [-0.2, 0) is 4.79 Å². The Bertz CT molecular complexity index is 792. The molecule has 1 saturated heterocycles. The molecule has 1 aliphatic rings. The lowest BCUT2D eigenvalue weighted by Gasteiger charge is -2.39. The van der Waals surface area contributed by atoms with E-state index < -0.39 is 5.82 Å². The third-order valence-electron chi connectivity index (χ3n) is 4.65. The van der Waals surface area contributed by atoms with E-state index in [0.717, 1.165) is 18.7 Å². The monoisotopic (exact) mass is 354 g/mol. The van der Waals surface area contributed by atoms with Crippen molar-refractivity contribution in [2.24, 2.45) is 0 Å². The molecular formula is C21H23FN2O2. The van der Waals surface area contributed by atoms with E-state index in [0.29, 0.717) is 12.1 Å². The highest BCUT2D eigenvalue weighted by Crippen LogP contribution is 2.25. The molecule has 1 fully saturated rings. The molecule has 0 N–H and O–H groups in total. The van der Waals surface area contributed by atoms with Gasteiger partial charge in [0.1, 0.15) is 0 Å². The molecule has 26 heavy (non-hydrogen) atoms. The molecule has 1 aliphatic heterocycles. The zero-order valence-electron chi connectivity index (χ0n) is 15.1. The van der Waals surface area contributed by atoms with Gasteiger partial charge in [-0.2, -0.15) is 0 Å². The summed E-state index contributed by atoms with van der Waals surface area (Å²) in [6, 6.07) is 14.7. The van der Waals surface area contributed by atoms with E-state index in [1.165, 1.54) is 19.3 Å². The Balaban J connectivity index is 1.77. The van der Waals surface area contributed by atoms with Gasteiger partial charge in [0.2, 0.25) is 5.91 Å². The Morgan fingerprint density at radius 3 is 2.65 bits per heavy atom. The van der Waals surface area contributed by atoms with Crippen LogP contribution in [0.1, 0.15) is 17.2 Å². The van der Waals surface area contributed by atoms with Gasteiger partial charge < -0.3 is 14.5 Å². The lowest BCUT2D eigenvalue weighted by atomic mass is 10.0. The molecule has 0 aliphatic carbocycles. The van der Waals surface area contributed by atoms with Crippen LogP contribution in [0, 0.1) is 5.82 Å². The predicted octanol–water partition coefficient (Wildman–Crippen LogP) is 3.36. The standard InChI is InChI=1S/C21H23FN2O2/c1-23-12-13-24(19(15-23)17-6-4-3-5-7-17)21(25)11-9-16-8-10-20(26-2)18(22)14-16/h3-11,14,19H,12-13,15H2,1-2H3/b11-9-/t19-/m1/s1. The summed E-state index contributed by atoms with van der Waals surface area (Å²) in [5.41, 5.74) is 1.75. The summed E-state index contributed by atoms with van der Waals surface area (Å²) in [6.07, 6.45) is 3.16. The number of rotatable bonds is 4. The molecule has 0 radical (unpaired) electrons. The maximum atomic E-state index is 13.8. The first-order valence-corrected chi connectivity index (χ1v) is 8.64. The summed E-state index contributed by atoms with van der Waals surface area (Å²) in [5, 5.41) is 0. The number of likely N-dealkylation sites (N-methyl/N-ethyl adjacent to an activating group) is 1. The normalized spacial score (nSPS) is 18.3. The molecule has 0 bridgehead atoms. The molecule has 0 saturated carbocycles. The fourth-order valence-electron chi connectivity index (χ4n) is 3.19. The third-order valence-corrected chi connectivity index (χ3v) is 4.65. The average Bonchev–Trinajstić information content (AvgIpc) is 2.67. The highest BCUT2D eigenvalue weighted by atomic mass is 19.1. The number of ether oxygens (including phenoxy) is 1.